The highest BCUT2D eigenvalue weighted by Gasteiger charge is 2.18. The molecule has 1 aliphatic rings. The number of aromatic nitrogens is 4. The summed E-state index contributed by atoms with van der Waals surface area (Å²) in [5.74, 6) is 4.49. The number of ether oxygens (including phenoxy) is 1. The van der Waals surface area contributed by atoms with Gasteiger partial charge < -0.3 is 4.74 Å². The molecule has 0 bridgehead atoms. The summed E-state index contributed by atoms with van der Waals surface area (Å²) in [5.41, 5.74) is 2.32. The standard InChI is InChI=1S/C17H18N4OS2/c1-2-3-13-10-15(21-17(20-13)18-11-19-21)22-14-6-4-12(5-7-14)16-23-8-9-24-16/h4-7,10-11,16H,2-3,8-9H2,1H3. The van der Waals surface area contributed by atoms with E-state index in [1.807, 2.05) is 41.7 Å². The van der Waals surface area contributed by atoms with Crippen LogP contribution in [0.5, 0.6) is 11.6 Å². The monoisotopic (exact) mass is 358 g/mol. The number of benzene rings is 1. The summed E-state index contributed by atoms with van der Waals surface area (Å²) in [6.45, 7) is 2.13. The lowest BCUT2D eigenvalue weighted by Crippen LogP contribution is -2.01. The number of nitrogens with zero attached hydrogens (tertiary/aromatic N) is 4. The fourth-order valence-electron chi connectivity index (χ4n) is 2.65. The topological polar surface area (TPSA) is 52.3 Å². The van der Waals surface area contributed by atoms with Crippen LogP contribution in [0.1, 0.15) is 29.2 Å². The maximum atomic E-state index is 6.06. The summed E-state index contributed by atoms with van der Waals surface area (Å²) < 4.78 is 8.25. The first kappa shape index (κ1) is 15.8. The Kier molecular flexibility index (Phi) is 4.62. The fourth-order valence-corrected chi connectivity index (χ4v) is 5.51. The quantitative estimate of drug-likeness (QED) is 0.676. The van der Waals surface area contributed by atoms with Crippen LogP contribution in [-0.4, -0.2) is 31.1 Å². The molecule has 1 saturated heterocycles. The Hall–Kier alpha value is -1.73. The third kappa shape index (κ3) is 3.23. The van der Waals surface area contributed by atoms with E-state index in [4.69, 9.17) is 4.74 Å². The van der Waals surface area contributed by atoms with Crippen LogP contribution in [0.15, 0.2) is 36.7 Å². The van der Waals surface area contributed by atoms with Gasteiger partial charge in [0.1, 0.15) is 12.1 Å². The van der Waals surface area contributed by atoms with E-state index in [9.17, 15) is 0 Å². The van der Waals surface area contributed by atoms with Crippen molar-refractivity contribution in [3.05, 3.63) is 47.9 Å². The van der Waals surface area contributed by atoms with E-state index in [0.717, 1.165) is 24.3 Å². The Morgan fingerprint density at radius 2 is 2.00 bits per heavy atom. The van der Waals surface area contributed by atoms with Crippen molar-refractivity contribution in [3.63, 3.8) is 0 Å². The summed E-state index contributed by atoms with van der Waals surface area (Å²) in [7, 11) is 0. The summed E-state index contributed by atoms with van der Waals surface area (Å²) in [5, 5.41) is 4.21. The SMILES string of the molecule is CCCc1cc(Oc2ccc(C3SCCS3)cc2)n2ncnc2n1. The molecule has 3 heterocycles. The summed E-state index contributed by atoms with van der Waals surface area (Å²) in [4.78, 5) is 8.68. The van der Waals surface area contributed by atoms with Crippen LogP contribution in [0.4, 0.5) is 0 Å². The second-order valence-corrected chi connectivity index (χ2v) is 8.28. The molecule has 0 atom stereocenters. The average molecular weight is 358 g/mol. The van der Waals surface area contributed by atoms with Crippen LogP contribution in [0.25, 0.3) is 5.78 Å². The van der Waals surface area contributed by atoms with Gasteiger partial charge in [-0.3, -0.25) is 0 Å². The van der Waals surface area contributed by atoms with Crippen LogP contribution in [-0.2, 0) is 6.42 Å². The summed E-state index contributed by atoms with van der Waals surface area (Å²) in [6.07, 6.45) is 3.43. The van der Waals surface area contributed by atoms with Gasteiger partial charge in [-0.2, -0.15) is 14.6 Å². The number of fused-ring (bicyclic) bond motifs is 1. The molecule has 1 fully saturated rings. The van der Waals surface area contributed by atoms with E-state index in [1.54, 1.807) is 4.52 Å². The summed E-state index contributed by atoms with van der Waals surface area (Å²) in [6, 6.07) is 10.3. The Balaban J connectivity index is 1.60. The Morgan fingerprint density at radius 1 is 1.21 bits per heavy atom. The van der Waals surface area contributed by atoms with Crippen LogP contribution in [0, 0.1) is 0 Å². The van der Waals surface area contributed by atoms with E-state index in [1.165, 1.54) is 23.4 Å². The molecule has 1 aliphatic heterocycles. The van der Waals surface area contributed by atoms with Gasteiger partial charge in [-0.25, -0.2) is 4.98 Å². The number of thioether (sulfide) groups is 2. The second kappa shape index (κ2) is 7.03. The maximum Gasteiger partial charge on any atom is 0.255 e. The first-order valence-corrected chi connectivity index (χ1v) is 10.1. The third-order valence-corrected chi connectivity index (χ3v) is 6.88. The lowest BCUT2D eigenvalue weighted by Gasteiger charge is -2.11. The predicted octanol–water partition coefficient (Wildman–Crippen LogP) is 4.35. The molecule has 2 aromatic heterocycles. The highest BCUT2D eigenvalue weighted by atomic mass is 32.2. The van der Waals surface area contributed by atoms with Crippen molar-refractivity contribution >= 4 is 29.3 Å². The highest BCUT2D eigenvalue weighted by Crippen LogP contribution is 2.45. The van der Waals surface area contributed by atoms with E-state index in [-0.39, 0.29) is 0 Å². The predicted molar refractivity (Wildman–Crippen MR) is 99.0 cm³/mol. The van der Waals surface area contributed by atoms with E-state index >= 15 is 0 Å². The van der Waals surface area contributed by atoms with Crippen molar-refractivity contribution in [1.29, 1.82) is 0 Å². The van der Waals surface area contributed by atoms with Crippen LogP contribution in [0.3, 0.4) is 0 Å². The zero-order valence-electron chi connectivity index (χ0n) is 13.4. The molecule has 124 valence electrons. The van der Waals surface area contributed by atoms with Gasteiger partial charge in [0.2, 0.25) is 5.88 Å². The average Bonchev–Trinajstić information content (AvgIpc) is 3.27. The maximum absolute atomic E-state index is 6.06. The van der Waals surface area contributed by atoms with Gasteiger partial charge in [0.15, 0.2) is 0 Å². The minimum absolute atomic E-state index is 0.554. The van der Waals surface area contributed by atoms with Crippen LogP contribution < -0.4 is 4.74 Å². The van der Waals surface area contributed by atoms with Gasteiger partial charge >= 0.3 is 0 Å². The van der Waals surface area contributed by atoms with Gasteiger partial charge in [0.25, 0.3) is 5.78 Å². The van der Waals surface area contributed by atoms with Crippen molar-refractivity contribution in [1.82, 2.24) is 19.6 Å². The number of hydrogen-bond donors (Lipinski definition) is 0. The van der Waals surface area contributed by atoms with Crippen molar-refractivity contribution < 1.29 is 4.74 Å². The largest absolute Gasteiger partial charge is 0.439 e. The molecular weight excluding hydrogens is 340 g/mol. The molecule has 7 heteroatoms. The molecule has 0 saturated carbocycles. The minimum atomic E-state index is 0.554. The van der Waals surface area contributed by atoms with Crippen molar-refractivity contribution in [2.24, 2.45) is 0 Å². The Bertz CT molecular complexity index is 828. The van der Waals surface area contributed by atoms with Crippen molar-refractivity contribution in [2.45, 2.75) is 24.3 Å². The summed E-state index contributed by atoms with van der Waals surface area (Å²) >= 11 is 4.01. The molecular formula is C17H18N4OS2. The van der Waals surface area contributed by atoms with Crippen molar-refractivity contribution in [3.8, 4) is 11.6 Å². The highest BCUT2D eigenvalue weighted by molar-refractivity contribution is 8.19. The molecule has 0 unspecified atom stereocenters. The smallest absolute Gasteiger partial charge is 0.255 e. The molecule has 0 radical (unpaired) electrons. The van der Waals surface area contributed by atoms with E-state index < -0.39 is 0 Å². The number of rotatable bonds is 5. The van der Waals surface area contributed by atoms with Gasteiger partial charge in [-0.15, -0.1) is 23.5 Å². The molecule has 4 rings (SSSR count). The normalized spacial score (nSPS) is 15.2. The molecule has 3 aromatic rings. The molecule has 0 amide bonds. The lowest BCUT2D eigenvalue weighted by molar-refractivity contribution is 0.444. The Labute approximate surface area is 149 Å². The lowest BCUT2D eigenvalue weighted by atomic mass is 10.2. The van der Waals surface area contributed by atoms with Gasteiger partial charge in [0, 0.05) is 23.3 Å². The van der Waals surface area contributed by atoms with E-state index in [0.29, 0.717) is 16.2 Å². The van der Waals surface area contributed by atoms with E-state index in [2.05, 4.69) is 34.1 Å². The molecule has 24 heavy (non-hydrogen) atoms. The first-order chi connectivity index (χ1) is 11.8. The third-order valence-electron chi connectivity index (χ3n) is 3.77. The zero-order valence-corrected chi connectivity index (χ0v) is 15.0. The molecule has 0 aliphatic carbocycles. The Morgan fingerprint density at radius 3 is 2.75 bits per heavy atom. The fraction of sp³-hybridized carbons (Fsp3) is 0.353. The number of aryl methyl sites for hydroxylation is 1. The molecule has 5 nitrogen and oxygen atoms in total. The second-order valence-electron chi connectivity index (χ2n) is 5.55. The molecule has 1 aromatic carbocycles. The first-order valence-electron chi connectivity index (χ1n) is 8.04. The minimum Gasteiger partial charge on any atom is -0.439 e. The van der Waals surface area contributed by atoms with Crippen LogP contribution >= 0.6 is 23.5 Å². The number of hydrogen-bond acceptors (Lipinski definition) is 6. The van der Waals surface area contributed by atoms with Gasteiger partial charge in [-0.1, -0.05) is 25.5 Å². The molecule has 0 spiro atoms. The molecule has 0 N–H and O–H groups in total. The van der Waals surface area contributed by atoms with Crippen LogP contribution in [0.2, 0.25) is 0 Å². The van der Waals surface area contributed by atoms with Gasteiger partial charge in [0.05, 0.1) is 4.58 Å². The van der Waals surface area contributed by atoms with Crippen molar-refractivity contribution in [2.75, 3.05) is 11.5 Å². The van der Waals surface area contributed by atoms with Gasteiger partial charge in [-0.05, 0) is 24.1 Å². The zero-order chi connectivity index (χ0) is 16.4.